The second-order valence-corrected chi connectivity index (χ2v) is 8.62. The van der Waals surface area contributed by atoms with Crippen molar-refractivity contribution < 1.29 is 9.47 Å². The number of aryl methyl sites for hydroxylation is 1. The summed E-state index contributed by atoms with van der Waals surface area (Å²) in [6, 6.07) is 10.9. The highest BCUT2D eigenvalue weighted by atomic mass is 35.5. The molecular weight excluding hydrogens is 454 g/mol. The molecule has 1 fully saturated rings. The first kappa shape index (κ1) is 21.0. The summed E-state index contributed by atoms with van der Waals surface area (Å²) in [6.07, 6.45) is 6.68. The summed E-state index contributed by atoms with van der Waals surface area (Å²) in [6.45, 7) is 0.866. The van der Waals surface area contributed by atoms with Gasteiger partial charge in [-0.1, -0.05) is 58.5 Å². The van der Waals surface area contributed by atoms with Gasteiger partial charge in [-0.2, -0.15) is 0 Å². The number of hydrogen-bond donors (Lipinski definition) is 0. The van der Waals surface area contributed by atoms with Gasteiger partial charge in [0.25, 0.3) is 0 Å². The zero-order chi connectivity index (χ0) is 20.4. The number of imidazole rings is 1. The largest absolute Gasteiger partial charge is 0.342 e. The molecule has 0 aliphatic carbocycles. The minimum Gasteiger partial charge on any atom is -0.342 e. The summed E-state index contributed by atoms with van der Waals surface area (Å²) >= 11 is 24.9. The maximum absolute atomic E-state index is 6.50. The molecule has 8 heteroatoms. The molecule has 1 aliphatic rings. The summed E-state index contributed by atoms with van der Waals surface area (Å²) in [5.41, 5.74) is 1.76. The van der Waals surface area contributed by atoms with Crippen LogP contribution in [0.25, 0.3) is 0 Å². The second kappa shape index (κ2) is 8.84. The predicted molar refractivity (Wildman–Crippen MR) is 116 cm³/mol. The maximum Gasteiger partial charge on any atom is 0.215 e. The smallest absolute Gasteiger partial charge is 0.215 e. The van der Waals surface area contributed by atoms with Crippen molar-refractivity contribution in [3.05, 3.63) is 86.3 Å². The van der Waals surface area contributed by atoms with Crippen molar-refractivity contribution in [1.82, 2.24) is 9.55 Å². The van der Waals surface area contributed by atoms with E-state index < -0.39 is 5.79 Å². The Morgan fingerprint density at radius 2 is 1.79 bits per heavy atom. The van der Waals surface area contributed by atoms with Crippen LogP contribution in [0.3, 0.4) is 0 Å². The van der Waals surface area contributed by atoms with E-state index in [1.54, 1.807) is 30.7 Å². The highest BCUT2D eigenvalue weighted by Crippen LogP contribution is 2.41. The van der Waals surface area contributed by atoms with Gasteiger partial charge in [0.15, 0.2) is 0 Å². The maximum atomic E-state index is 6.50. The highest BCUT2D eigenvalue weighted by Gasteiger charge is 2.44. The Balaban J connectivity index is 1.55. The van der Waals surface area contributed by atoms with Gasteiger partial charge >= 0.3 is 0 Å². The van der Waals surface area contributed by atoms with Crippen molar-refractivity contribution in [2.24, 2.45) is 0 Å². The summed E-state index contributed by atoms with van der Waals surface area (Å²) in [4.78, 5) is 4.11. The quantitative estimate of drug-likeness (QED) is 0.417. The SMILES string of the molecule is Clc1ccc(CCC2COC(Cn3ccnc3)(c3ccc(Cl)cc3Cl)O2)c(Cl)c1. The number of ether oxygens (including phenoxy) is 2. The van der Waals surface area contributed by atoms with Crippen molar-refractivity contribution in [2.45, 2.75) is 31.3 Å². The Bertz CT molecular complexity index is 996. The van der Waals surface area contributed by atoms with Gasteiger partial charge in [0, 0.05) is 33.0 Å². The lowest BCUT2D eigenvalue weighted by molar-refractivity contribution is -0.187. The van der Waals surface area contributed by atoms with Gasteiger partial charge in [0.05, 0.1) is 30.6 Å². The molecule has 0 bridgehead atoms. The average molecular weight is 472 g/mol. The van der Waals surface area contributed by atoms with Crippen molar-refractivity contribution in [3.8, 4) is 0 Å². The van der Waals surface area contributed by atoms with E-state index in [1.165, 1.54) is 0 Å². The molecule has 0 amide bonds. The van der Waals surface area contributed by atoms with Crippen molar-refractivity contribution in [2.75, 3.05) is 6.61 Å². The fourth-order valence-electron chi connectivity index (χ4n) is 3.48. The molecule has 2 heterocycles. The number of halogens is 4. The fourth-order valence-corrected chi connectivity index (χ4v) is 4.53. The Kier molecular flexibility index (Phi) is 6.40. The monoisotopic (exact) mass is 470 g/mol. The summed E-state index contributed by atoms with van der Waals surface area (Å²) in [5.74, 6) is -1.02. The van der Waals surface area contributed by atoms with Crippen LogP contribution in [0.15, 0.2) is 55.1 Å². The van der Waals surface area contributed by atoms with Crippen LogP contribution in [-0.2, 0) is 28.2 Å². The van der Waals surface area contributed by atoms with Crippen LogP contribution in [0.4, 0.5) is 0 Å². The number of rotatable bonds is 6. The van der Waals surface area contributed by atoms with Gasteiger partial charge in [0.1, 0.15) is 0 Å². The Morgan fingerprint density at radius 3 is 2.48 bits per heavy atom. The van der Waals surface area contributed by atoms with Gasteiger partial charge in [0.2, 0.25) is 5.79 Å². The molecule has 152 valence electrons. The Labute approximate surface area is 189 Å². The third-order valence-electron chi connectivity index (χ3n) is 4.90. The van der Waals surface area contributed by atoms with Crippen LogP contribution in [0, 0.1) is 0 Å². The molecular formula is C21H18Cl4N2O2. The van der Waals surface area contributed by atoms with Gasteiger partial charge in [-0.15, -0.1) is 0 Å². The van der Waals surface area contributed by atoms with Crippen LogP contribution < -0.4 is 0 Å². The zero-order valence-corrected chi connectivity index (χ0v) is 18.3. The molecule has 3 aromatic rings. The van der Waals surface area contributed by atoms with Crippen LogP contribution in [0.2, 0.25) is 20.1 Å². The summed E-state index contributed by atoms with van der Waals surface area (Å²) < 4.78 is 14.6. The molecule has 2 unspecified atom stereocenters. The van der Waals surface area contributed by atoms with Crippen LogP contribution >= 0.6 is 46.4 Å². The molecule has 0 N–H and O–H groups in total. The molecule has 1 aromatic heterocycles. The first-order valence-electron chi connectivity index (χ1n) is 9.12. The second-order valence-electron chi connectivity index (χ2n) is 6.94. The topological polar surface area (TPSA) is 36.3 Å². The number of aromatic nitrogens is 2. The van der Waals surface area contributed by atoms with E-state index in [2.05, 4.69) is 4.98 Å². The Morgan fingerprint density at radius 1 is 1.03 bits per heavy atom. The van der Waals surface area contributed by atoms with Gasteiger partial charge in [-0.25, -0.2) is 4.98 Å². The molecule has 0 spiro atoms. The molecule has 4 nitrogen and oxygen atoms in total. The zero-order valence-electron chi connectivity index (χ0n) is 15.3. The van der Waals surface area contributed by atoms with E-state index in [0.717, 1.165) is 24.0 Å². The van der Waals surface area contributed by atoms with Gasteiger partial charge in [-0.05, 0) is 42.7 Å². The van der Waals surface area contributed by atoms with E-state index in [1.807, 2.05) is 29.0 Å². The first-order chi connectivity index (χ1) is 13.9. The predicted octanol–water partition coefficient (Wildman–Crippen LogP) is 6.40. The van der Waals surface area contributed by atoms with E-state index in [-0.39, 0.29) is 6.10 Å². The first-order valence-corrected chi connectivity index (χ1v) is 10.6. The molecule has 0 saturated carbocycles. The van der Waals surface area contributed by atoms with E-state index in [4.69, 9.17) is 55.9 Å². The van der Waals surface area contributed by atoms with Crippen LogP contribution in [-0.4, -0.2) is 22.3 Å². The third-order valence-corrected chi connectivity index (χ3v) is 6.04. The lowest BCUT2D eigenvalue weighted by atomic mass is 10.0. The molecule has 1 aliphatic heterocycles. The fraction of sp³-hybridized carbons (Fsp3) is 0.286. The lowest BCUT2D eigenvalue weighted by Crippen LogP contribution is -2.33. The molecule has 2 aromatic carbocycles. The standard InChI is InChI=1S/C21H18Cl4N2O2/c22-15-3-1-14(19(24)9-15)2-5-17-11-28-21(29-17,12-27-8-7-26-13-27)18-6-4-16(23)10-20(18)25/h1,3-4,6-10,13,17H,2,5,11-12H2. The molecule has 2 atom stereocenters. The number of benzene rings is 2. The summed E-state index contributed by atoms with van der Waals surface area (Å²) in [5, 5.41) is 2.33. The van der Waals surface area contributed by atoms with E-state index in [9.17, 15) is 0 Å². The molecule has 0 radical (unpaired) electrons. The molecule has 1 saturated heterocycles. The van der Waals surface area contributed by atoms with E-state index in [0.29, 0.717) is 33.2 Å². The molecule has 4 rings (SSSR count). The highest BCUT2D eigenvalue weighted by molar-refractivity contribution is 6.35. The normalized spacial score (nSPS) is 21.6. The summed E-state index contributed by atoms with van der Waals surface area (Å²) in [7, 11) is 0. The average Bonchev–Trinajstić information content (AvgIpc) is 3.32. The van der Waals surface area contributed by atoms with Gasteiger partial charge < -0.3 is 14.0 Å². The van der Waals surface area contributed by atoms with Gasteiger partial charge in [-0.3, -0.25) is 0 Å². The Hall–Kier alpha value is -1.27. The lowest BCUT2D eigenvalue weighted by Gasteiger charge is -2.30. The van der Waals surface area contributed by atoms with Crippen molar-refractivity contribution in [1.29, 1.82) is 0 Å². The number of nitrogens with zero attached hydrogens (tertiary/aromatic N) is 2. The molecule has 29 heavy (non-hydrogen) atoms. The number of hydrogen-bond acceptors (Lipinski definition) is 3. The van der Waals surface area contributed by atoms with Crippen LogP contribution in [0.5, 0.6) is 0 Å². The van der Waals surface area contributed by atoms with Crippen molar-refractivity contribution >= 4 is 46.4 Å². The van der Waals surface area contributed by atoms with E-state index >= 15 is 0 Å². The van der Waals surface area contributed by atoms with Crippen molar-refractivity contribution in [3.63, 3.8) is 0 Å². The third kappa shape index (κ3) is 4.74. The minimum atomic E-state index is -1.02. The minimum absolute atomic E-state index is 0.114. The van der Waals surface area contributed by atoms with Crippen LogP contribution in [0.1, 0.15) is 17.5 Å².